The van der Waals surface area contributed by atoms with Crippen molar-refractivity contribution in [3.05, 3.63) is 18.2 Å². The van der Waals surface area contributed by atoms with E-state index in [1.54, 1.807) is 6.08 Å². The molecule has 0 aromatic rings. The van der Waals surface area contributed by atoms with Gasteiger partial charge in [0.2, 0.25) is 0 Å². The van der Waals surface area contributed by atoms with Crippen LogP contribution in [0.5, 0.6) is 0 Å². The fourth-order valence-corrected chi connectivity index (χ4v) is 0.534. The van der Waals surface area contributed by atoms with Gasteiger partial charge in [0.05, 0.1) is 0 Å². The van der Waals surface area contributed by atoms with Gasteiger partial charge in [-0.25, -0.2) is 0 Å². The molecule has 0 saturated carbocycles. The molecule has 0 aliphatic carbocycles. The maximum atomic E-state index is 6.53. The van der Waals surface area contributed by atoms with Crippen LogP contribution in [0.1, 0.15) is 26.2 Å². The molecule has 1 N–H and O–H groups in total. The van der Waals surface area contributed by atoms with E-state index in [2.05, 4.69) is 18.9 Å². The summed E-state index contributed by atoms with van der Waals surface area (Å²) in [6, 6.07) is 0. The Balaban J connectivity index is 3.14. The molecule has 1 heteroatoms. The molecule has 0 unspecified atom stereocenters. The molecule has 0 radical (unpaired) electrons. The Morgan fingerprint density at radius 2 is 2.33 bits per heavy atom. The highest BCUT2D eigenvalue weighted by Gasteiger charge is 1.74. The highest BCUT2D eigenvalue weighted by Crippen LogP contribution is 1.93. The Hall–Kier alpha value is -0.810. The lowest BCUT2D eigenvalue weighted by molar-refractivity contribution is 0.815. The van der Waals surface area contributed by atoms with E-state index in [0.717, 1.165) is 6.42 Å². The minimum atomic E-state index is 1.12. The average Bonchev–Trinajstić information content (AvgIpc) is 1.89. The van der Waals surface area contributed by atoms with Crippen LogP contribution >= 0.6 is 0 Å². The highest BCUT2D eigenvalue weighted by atomic mass is 14.3. The van der Waals surface area contributed by atoms with Gasteiger partial charge in [0.1, 0.15) is 0 Å². The number of hydrogen-bond acceptors (Lipinski definition) is 1. The Labute approximate surface area is 56.6 Å². The first-order valence-corrected chi connectivity index (χ1v) is 3.32. The van der Waals surface area contributed by atoms with E-state index < -0.39 is 0 Å². The Morgan fingerprint density at radius 3 is 2.89 bits per heavy atom. The molecule has 0 saturated heterocycles. The van der Waals surface area contributed by atoms with Gasteiger partial charge in [-0.1, -0.05) is 31.9 Å². The first kappa shape index (κ1) is 8.19. The Kier molecular flexibility index (Phi) is 6.54. The van der Waals surface area contributed by atoms with Crippen molar-refractivity contribution in [1.82, 2.24) is 0 Å². The normalized spacial score (nSPS) is 9.44. The van der Waals surface area contributed by atoms with Crippen molar-refractivity contribution >= 4 is 5.87 Å². The molecule has 0 heterocycles. The number of rotatable bonds is 4. The molecule has 1 nitrogen and oxygen atoms in total. The second kappa shape index (κ2) is 7.19. The molecule has 50 valence electrons. The lowest BCUT2D eigenvalue weighted by Crippen LogP contribution is -1.64. The van der Waals surface area contributed by atoms with E-state index in [1.165, 1.54) is 12.8 Å². The third-order valence-electron chi connectivity index (χ3n) is 1.04. The monoisotopic (exact) mass is 123 g/mol. The minimum Gasteiger partial charge on any atom is -0.259 e. The molecule has 0 rings (SSSR count). The smallest absolute Gasteiger partial charge is 0.00134 e. The predicted octanol–water partition coefficient (Wildman–Crippen LogP) is 2.54. The quantitative estimate of drug-likeness (QED) is 0.337. The van der Waals surface area contributed by atoms with Crippen LogP contribution in [0, 0.1) is 5.41 Å². The molecule has 0 bridgehead atoms. The van der Waals surface area contributed by atoms with Crippen LogP contribution in [0.3, 0.4) is 0 Å². The number of hydrogen-bond donors (Lipinski definition) is 1. The number of unbranched alkanes of at least 4 members (excludes halogenated alkanes) is 2. The largest absolute Gasteiger partial charge is 0.259 e. The first-order chi connectivity index (χ1) is 4.41. The van der Waals surface area contributed by atoms with Gasteiger partial charge in [-0.05, 0) is 18.4 Å². The van der Waals surface area contributed by atoms with E-state index in [1.807, 2.05) is 6.08 Å². The Bertz CT molecular complexity index is 119. The van der Waals surface area contributed by atoms with Gasteiger partial charge in [0.25, 0.3) is 0 Å². The molecule has 9 heavy (non-hydrogen) atoms. The van der Waals surface area contributed by atoms with Crippen molar-refractivity contribution in [1.29, 1.82) is 5.41 Å². The summed E-state index contributed by atoms with van der Waals surface area (Å²) in [5.74, 6) is 2.18. The molecule has 0 atom stereocenters. The number of nitrogens with one attached hydrogen (secondary N) is 1. The van der Waals surface area contributed by atoms with E-state index in [4.69, 9.17) is 5.41 Å². The van der Waals surface area contributed by atoms with Gasteiger partial charge < -0.3 is 0 Å². The summed E-state index contributed by atoms with van der Waals surface area (Å²) in [6.07, 6.45) is 9.12. The van der Waals surface area contributed by atoms with Crippen LogP contribution in [0.2, 0.25) is 0 Å². The van der Waals surface area contributed by atoms with Gasteiger partial charge in [-0.15, -0.1) is 0 Å². The highest BCUT2D eigenvalue weighted by molar-refractivity contribution is 5.50. The lowest BCUT2D eigenvalue weighted by atomic mass is 10.2. The summed E-state index contributed by atoms with van der Waals surface area (Å²) < 4.78 is 0. The summed E-state index contributed by atoms with van der Waals surface area (Å²) >= 11 is 0. The molecule has 0 fully saturated rings. The summed E-state index contributed by atoms with van der Waals surface area (Å²) in [5.41, 5.74) is 0. The molecule has 0 spiro atoms. The fraction of sp³-hybridized carbons (Fsp3) is 0.500. The lowest BCUT2D eigenvalue weighted by Gasteiger charge is -1.84. The molecule has 0 aliphatic heterocycles. The van der Waals surface area contributed by atoms with Crippen molar-refractivity contribution < 1.29 is 0 Å². The second-order valence-electron chi connectivity index (χ2n) is 1.88. The molecular weight excluding hydrogens is 110 g/mol. The van der Waals surface area contributed by atoms with Crippen LogP contribution in [-0.2, 0) is 0 Å². The van der Waals surface area contributed by atoms with Crippen LogP contribution in [0.4, 0.5) is 0 Å². The predicted molar refractivity (Wildman–Crippen MR) is 41.0 cm³/mol. The van der Waals surface area contributed by atoms with E-state index in [9.17, 15) is 0 Å². The zero-order valence-electron chi connectivity index (χ0n) is 5.85. The van der Waals surface area contributed by atoms with Crippen LogP contribution in [0.15, 0.2) is 18.2 Å². The van der Waals surface area contributed by atoms with Crippen LogP contribution in [0.25, 0.3) is 0 Å². The van der Waals surface area contributed by atoms with E-state index in [0.29, 0.717) is 0 Å². The molecule has 0 aliphatic rings. The zero-order chi connectivity index (χ0) is 6.95. The van der Waals surface area contributed by atoms with E-state index >= 15 is 0 Å². The van der Waals surface area contributed by atoms with E-state index in [-0.39, 0.29) is 0 Å². The zero-order valence-corrected chi connectivity index (χ0v) is 5.85. The van der Waals surface area contributed by atoms with Crippen LogP contribution < -0.4 is 0 Å². The van der Waals surface area contributed by atoms with Gasteiger partial charge >= 0.3 is 0 Å². The second-order valence-corrected chi connectivity index (χ2v) is 1.88. The number of allylic oxidation sites excluding steroid dienone is 3. The summed E-state index contributed by atoms with van der Waals surface area (Å²) in [7, 11) is 0. The molecule has 0 aromatic carbocycles. The average molecular weight is 123 g/mol. The van der Waals surface area contributed by atoms with Crippen molar-refractivity contribution in [3.8, 4) is 0 Å². The minimum absolute atomic E-state index is 1.12. The summed E-state index contributed by atoms with van der Waals surface area (Å²) in [5, 5.41) is 6.53. The van der Waals surface area contributed by atoms with Crippen molar-refractivity contribution in [2.24, 2.45) is 0 Å². The third kappa shape index (κ3) is 7.19. The van der Waals surface area contributed by atoms with Crippen molar-refractivity contribution in [3.63, 3.8) is 0 Å². The molecular formula is C8H13N. The molecule has 0 aromatic heterocycles. The maximum Gasteiger partial charge on any atom is -0.00134 e. The van der Waals surface area contributed by atoms with Crippen LogP contribution in [-0.4, -0.2) is 5.87 Å². The van der Waals surface area contributed by atoms with Gasteiger partial charge in [0, 0.05) is 0 Å². The summed E-state index contributed by atoms with van der Waals surface area (Å²) in [4.78, 5) is 0. The summed E-state index contributed by atoms with van der Waals surface area (Å²) in [6.45, 7) is 2.17. The maximum absolute atomic E-state index is 6.53. The first-order valence-electron chi connectivity index (χ1n) is 3.32. The fourth-order valence-electron chi connectivity index (χ4n) is 0.534. The van der Waals surface area contributed by atoms with Gasteiger partial charge in [0.15, 0.2) is 0 Å². The van der Waals surface area contributed by atoms with Crippen molar-refractivity contribution in [2.75, 3.05) is 0 Å². The van der Waals surface area contributed by atoms with Crippen molar-refractivity contribution in [2.45, 2.75) is 26.2 Å². The SMILES string of the molecule is CCCC/C=C/C=C=N. The van der Waals surface area contributed by atoms with Gasteiger partial charge in [-0.2, -0.15) is 0 Å². The standard InChI is InChI=1S/C8H13N/c1-2-3-4-5-6-7-8-9/h5-7,9H,2-4H2,1H3/b6-5+. The third-order valence-corrected chi connectivity index (χ3v) is 1.04. The van der Waals surface area contributed by atoms with Gasteiger partial charge in [-0.3, -0.25) is 5.41 Å². The molecule has 0 amide bonds. The Morgan fingerprint density at radius 1 is 1.56 bits per heavy atom. The topological polar surface area (TPSA) is 23.9 Å².